The molecule has 0 aromatic rings. The van der Waals surface area contributed by atoms with Crippen LogP contribution < -0.4 is 0 Å². The lowest BCUT2D eigenvalue weighted by Gasteiger charge is -2.57. The molecule has 0 radical (unpaired) electrons. The minimum absolute atomic E-state index is 0.0149. The summed E-state index contributed by atoms with van der Waals surface area (Å²) in [6.07, 6.45) is 8.83. The Labute approximate surface area is 123 Å². The fourth-order valence-corrected chi connectivity index (χ4v) is 5.86. The van der Waals surface area contributed by atoms with Crippen molar-refractivity contribution in [1.82, 2.24) is 4.90 Å². The molecule has 0 aromatic carbocycles. The predicted octanol–water partition coefficient (Wildman–Crippen LogP) is 2.94. The van der Waals surface area contributed by atoms with Crippen LogP contribution in [0, 0.1) is 29.1 Å². The fraction of sp³-hybridized carbons (Fsp3) is 0.941. The van der Waals surface area contributed by atoms with Crippen molar-refractivity contribution in [3.8, 4) is 0 Å². The van der Waals surface area contributed by atoms with Crippen LogP contribution in [0.15, 0.2) is 0 Å². The molecule has 4 bridgehead atoms. The third-order valence-corrected chi connectivity index (χ3v) is 5.96. The second-order valence-electron chi connectivity index (χ2n) is 8.04. The van der Waals surface area contributed by atoms with Crippen molar-refractivity contribution in [2.24, 2.45) is 29.1 Å². The summed E-state index contributed by atoms with van der Waals surface area (Å²) in [5.41, 5.74) is 0.569. The van der Waals surface area contributed by atoms with E-state index < -0.39 is 0 Å². The zero-order valence-corrected chi connectivity index (χ0v) is 13.2. The lowest BCUT2D eigenvalue weighted by Crippen LogP contribution is -2.51. The highest BCUT2D eigenvalue weighted by Crippen LogP contribution is 2.60. The first-order valence-corrected chi connectivity index (χ1v) is 8.26. The Hall–Kier alpha value is -0.570. The maximum absolute atomic E-state index is 11.6. The maximum atomic E-state index is 11.6. The molecule has 3 heteroatoms. The molecule has 4 fully saturated rings. The van der Waals surface area contributed by atoms with Gasteiger partial charge in [0, 0.05) is 13.1 Å². The van der Waals surface area contributed by atoms with Crippen molar-refractivity contribution >= 4 is 5.97 Å². The van der Waals surface area contributed by atoms with Gasteiger partial charge in [-0.2, -0.15) is 0 Å². The van der Waals surface area contributed by atoms with Crippen LogP contribution in [0.4, 0.5) is 0 Å². The van der Waals surface area contributed by atoms with Crippen molar-refractivity contribution in [3.05, 3.63) is 0 Å². The molecule has 20 heavy (non-hydrogen) atoms. The smallest absolute Gasteiger partial charge is 0.309 e. The number of ether oxygens (including phenoxy) is 1. The van der Waals surface area contributed by atoms with Crippen molar-refractivity contribution in [2.45, 2.75) is 45.4 Å². The van der Waals surface area contributed by atoms with E-state index in [1.54, 1.807) is 0 Å². The molecule has 0 saturated heterocycles. The Kier molecular flexibility index (Phi) is 3.83. The average Bonchev–Trinajstić information content (AvgIpc) is 2.34. The summed E-state index contributed by atoms with van der Waals surface area (Å²) in [4.78, 5) is 13.9. The first-order chi connectivity index (χ1) is 9.49. The molecule has 4 aliphatic carbocycles. The minimum atomic E-state index is -0.0811. The first kappa shape index (κ1) is 14.4. The largest absolute Gasteiger partial charge is 0.469 e. The van der Waals surface area contributed by atoms with Gasteiger partial charge in [-0.05, 0) is 68.7 Å². The molecule has 4 aliphatic rings. The van der Waals surface area contributed by atoms with Crippen LogP contribution in [-0.4, -0.2) is 38.1 Å². The first-order valence-electron chi connectivity index (χ1n) is 8.26. The zero-order valence-electron chi connectivity index (χ0n) is 13.2. The summed E-state index contributed by atoms with van der Waals surface area (Å²) < 4.78 is 4.84. The van der Waals surface area contributed by atoms with Crippen molar-refractivity contribution in [1.29, 1.82) is 0 Å². The molecule has 3 nitrogen and oxygen atoms in total. The molecule has 4 saturated carbocycles. The van der Waals surface area contributed by atoms with E-state index in [2.05, 4.69) is 11.9 Å². The highest BCUT2D eigenvalue weighted by molar-refractivity contribution is 5.72. The fourth-order valence-electron chi connectivity index (χ4n) is 5.86. The van der Waals surface area contributed by atoms with E-state index in [0.29, 0.717) is 5.41 Å². The number of carbonyl (C=O) groups is 1. The van der Waals surface area contributed by atoms with Gasteiger partial charge >= 0.3 is 5.97 Å². The topological polar surface area (TPSA) is 29.5 Å². The Bertz CT molecular complexity index is 344. The van der Waals surface area contributed by atoms with Gasteiger partial charge in [-0.25, -0.2) is 0 Å². The molecule has 0 spiro atoms. The Morgan fingerprint density at radius 1 is 1.20 bits per heavy atom. The van der Waals surface area contributed by atoms with Gasteiger partial charge in [0.05, 0.1) is 13.0 Å². The molecule has 0 aliphatic heterocycles. The van der Waals surface area contributed by atoms with Crippen LogP contribution in [0.3, 0.4) is 0 Å². The van der Waals surface area contributed by atoms with Gasteiger partial charge in [0.15, 0.2) is 0 Å². The second-order valence-corrected chi connectivity index (χ2v) is 8.04. The quantitative estimate of drug-likeness (QED) is 0.725. The summed E-state index contributed by atoms with van der Waals surface area (Å²) >= 11 is 0. The Balaban J connectivity index is 1.58. The normalized spacial score (nSPS) is 40.1. The van der Waals surface area contributed by atoms with E-state index in [1.807, 2.05) is 6.92 Å². The van der Waals surface area contributed by atoms with Crippen LogP contribution in [-0.2, 0) is 9.53 Å². The van der Waals surface area contributed by atoms with Gasteiger partial charge in [0.25, 0.3) is 0 Å². The van der Waals surface area contributed by atoms with Crippen LogP contribution in [0.2, 0.25) is 0 Å². The number of nitrogens with zero attached hydrogens (tertiary/aromatic N) is 1. The van der Waals surface area contributed by atoms with E-state index in [9.17, 15) is 4.79 Å². The molecule has 0 N–H and O–H groups in total. The van der Waals surface area contributed by atoms with Gasteiger partial charge in [-0.1, -0.05) is 6.92 Å². The molecule has 4 rings (SSSR count). The molecular weight excluding hydrogens is 250 g/mol. The van der Waals surface area contributed by atoms with E-state index in [0.717, 1.165) is 24.3 Å². The monoisotopic (exact) mass is 279 g/mol. The zero-order chi connectivity index (χ0) is 14.3. The van der Waals surface area contributed by atoms with Crippen LogP contribution >= 0.6 is 0 Å². The molecule has 0 aromatic heterocycles. The van der Waals surface area contributed by atoms with Gasteiger partial charge in [0.1, 0.15) is 0 Å². The number of esters is 1. The maximum Gasteiger partial charge on any atom is 0.309 e. The van der Waals surface area contributed by atoms with Gasteiger partial charge in [-0.15, -0.1) is 0 Å². The molecule has 1 unspecified atom stereocenters. The van der Waals surface area contributed by atoms with E-state index in [1.165, 1.54) is 52.2 Å². The lowest BCUT2D eigenvalue weighted by molar-refractivity contribution is -0.145. The van der Waals surface area contributed by atoms with Crippen molar-refractivity contribution in [3.63, 3.8) is 0 Å². The SMILES string of the molecule is COC(=O)C(C)CN(C)CC12CC3CC(CC(C3)C1)C2. The van der Waals surface area contributed by atoms with Crippen molar-refractivity contribution in [2.75, 3.05) is 27.2 Å². The van der Waals surface area contributed by atoms with E-state index >= 15 is 0 Å². The number of methoxy groups -OCH3 is 1. The molecule has 114 valence electrons. The third-order valence-electron chi connectivity index (χ3n) is 5.96. The van der Waals surface area contributed by atoms with E-state index in [4.69, 9.17) is 4.74 Å². The van der Waals surface area contributed by atoms with Crippen LogP contribution in [0.5, 0.6) is 0 Å². The third kappa shape index (κ3) is 2.74. The standard InChI is InChI=1S/C17H29NO2/c1-12(16(19)20-3)10-18(2)11-17-7-13-4-14(8-17)6-15(5-13)9-17/h12-15H,4-11H2,1-3H3. The number of carbonyl (C=O) groups excluding carboxylic acids is 1. The number of hydrogen-bond donors (Lipinski definition) is 0. The predicted molar refractivity (Wildman–Crippen MR) is 79.3 cm³/mol. The summed E-state index contributed by atoms with van der Waals surface area (Å²) in [6, 6.07) is 0. The lowest BCUT2D eigenvalue weighted by atomic mass is 9.49. The molecular formula is C17H29NO2. The highest BCUT2D eigenvalue weighted by Gasteiger charge is 2.51. The number of hydrogen-bond acceptors (Lipinski definition) is 3. The van der Waals surface area contributed by atoms with Crippen molar-refractivity contribution < 1.29 is 9.53 Å². The van der Waals surface area contributed by atoms with Gasteiger partial charge < -0.3 is 9.64 Å². The highest BCUT2D eigenvalue weighted by atomic mass is 16.5. The summed E-state index contributed by atoms with van der Waals surface area (Å²) in [6.45, 7) is 3.98. The molecule has 0 amide bonds. The second kappa shape index (κ2) is 5.32. The Morgan fingerprint density at radius 3 is 2.15 bits per heavy atom. The molecule has 1 atom stereocenters. The van der Waals surface area contributed by atoms with Gasteiger partial charge in [0.2, 0.25) is 0 Å². The van der Waals surface area contributed by atoms with E-state index in [-0.39, 0.29) is 11.9 Å². The number of rotatable bonds is 5. The van der Waals surface area contributed by atoms with Crippen LogP contribution in [0.1, 0.15) is 45.4 Å². The molecule has 0 heterocycles. The summed E-state index contributed by atoms with van der Waals surface area (Å²) in [5.74, 6) is 2.93. The Morgan fingerprint density at radius 2 is 1.70 bits per heavy atom. The average molecular weight is 279 g/mol. The summed E-state index contributed by atoms with van der Waals surface area (Å²) in [5, 5.41) is 0. The van der Waals surface area contributed by atoms with Crippen LogP contribution in [0.25, 0.3) is 0 Å². The minimum Gasteiger partial charge on any atom is -0.469 e. The summed E-state index contributed by atoms with van der Waals surface area (Å²) in [7, 11) is 3.66. The van der Waals surface area contributed by atoms with Gasteiger partial charge in [-0.3, -0.25) is 4.79 Å².